The maximum Gasteiger partial charge on any atom is 0.356 e. The summed E-state index contributed by atoms with van der Waals surface area (Å²) >= 11 is 0. The Morgan fingerprint density at radius 2 is 2.17 bits per heavy atom. The maximum absolute atomic E-state index is 11.9. The summed E-state index contributed by atoms with van der Waals surface area (Å²) in [7, 11) is 0. The first-order chi connectivity index (χ1) is 8.24. The number of aromatic amines is 1. The second-order valence-corrected chi connectivity index (χ2v) is 4.80. The molecule has 0 aliphatic heterocycles. The van der Waals surface area contributed by atoms with Crippen molar-refractivity contribution in [2.24, 2.45) is 5.73 Å². The minimum Gasteiger partial charge on any atom is -0.476 e. The lowest BCUT2D eigenvalue weighted by Crippen LogP contribution is -2.31. The van der Waals surface area contributed by atoms with Crippen LogP contribution in [0.5, 0.6) is 0 Å². The molecule has 0 amide bonds. The summed E-state index contributed by atoms with van der Waals surface area (Å²) in [5.74, 6) is -2.30. The molecule has 0 saturated carbocycles. The van der Waals surface area contributed by atoms with E-state index in [2.05, 4.69) is 9.97 Å². The Morgan fingerprint density at radius 3 is 2.56 bits per heavy atom. The van der Waals surface area contributed by atoms with Crippen LogP contribution in [-0.4, -0.2) is 39.2 Å². The molecule has 0 aliphatic carbocycles. The number of H-pyrrole nitrogens is 1. The molecule has 1 atom stereocenters. The van der Waals surface area contributed by atoms with Gasteiger partial charge < -0.3 is 20.6 Å². The van der Waals surface area contributed by atoms with Crippen LogP contribution in [0.2, 0.25) is 0 Å². The van der Waals surface area contributed by atoms with Crippen molar-refractivity contribution < 1.29 is 19.4 Å². The van der Waals surface area contributed by atoms with E-state index in [1.165, 1.54) is 6.20 Å². The molecular weight excluding hydrogens is 238 g/mol. The zero-order valence-corrected chi connectivity index (χ0v) is 10.6. The zero-order valence-electron chi connectivity index (χ0n) is 10.6. The number of nitrogens with one attached hydrogen (secondary N) is 1. The number of hydrogen-bond donors (Lipinski definition) is 3. The summed E-state index contributed by atoms with van der Waals surface area (Å²) in [6, 6.07) is 0. The van der Waals surface area contributed by atoms with E-state index in [4.69, 9.17) is 15.6 Å². The molecule has 0 radical (unpaired) electrons. The van der Waals surface area contributed by atoms with Crippen LogP contribution in [0, 0.1) is 0 Å². The molecular formula is C11H17N3O4. The normalized spacial score (nSPS) is 13.1. The molecule has 0 saturated heterocycles. The lowest BCUT2D eigenvalue weighted by Gasteiger charge is -2.22. The van der Waals surface area contributed by atoms with Gasteiger partial charge in [-0.15, -0.1) is 0 Å². The van der Waals surface area contributed by atoms with E-state index in [-0.39, 0.29) is 18.1 Å². The third kappa shape index (κ3) is 3.56. The van der Waals surface area contributed by atoms with Gasteiger partial charge >= 0.3 is 11.9 Å². The van der Waals surface area contributed by atoms with Gasteiger partial charge in [-0.3, -0.25) is 4.79 Å². The molecule has 0 bridgehead atoms. The van der Waals surface area contributed by atoms with Crippen LogP contribution in [-0.2, 0) is 9.53 Å². The van der Waals surface area contributed by atoms with Gasteiger partial charge in [0.15, 0.2) is 5.69 Å². The zero-order chi connectivity index (χ0) is 13.9. The van der Waals surface area contributed by atoms with Gasteiger partial charge in [-0.2, -0.15) is 0 Å². The van der Waals surface area contributed by atoms with Crippen molar-refractivity contribution in [3.05, 3.63) is 17.7 Å². The molecule has 0 fully saturated rings. The van der Waals surface area contributed by atoms with Crippen LogP contribution in [0.3, 0.4) is 0 Å². The highest BCUT2D eigenvalue weighted by Crippen LogP contribution is 2.17. The highest BCUT2D eigenvalue weighted by molar-refractivity contribution is 5.85. The number of carboxylic acid groups (broad SMARTS) is 1. The van der Waals surface area contributed by atoms with E-state index in [1.54, 1.807) is 20.8 Å². The average Bonchev–Trinajstić information content (AvgIpc) is 2.65. The van der Waals surface area contributed by atoms with Crippen LogP contribution in [0.1, 0.15) is 43.0 Å². The Hall–Kier alpha value is -1.89. The molecule has 18 heavy (non-hydrogen) atoms. The number of carbonyl (C=O) groups is 2. The van der Waals surface area contributed by atoms with E-state index in [0.29, 0.717) is 0 Å². The molecule has 0 aliphatic rings. The van der Waals surface area contributed by atoms with Crippen molar-refractivity contribution in [1.82, 2.24) is 9.97 Å². The molecule has 0 aromatic carbocycles. The number of imidazole rings is 1. The Labute approximate surface area is 104 Å². The van der Waals surface area contributed by atoms with Gasteiger partial charge in [-0.1, -0.05) is 0 Å². The van der Waals surface area contributed by atoms with Crippen molar-refractivity contribution in [3.8, 4) is 0 Å². The standard InChI is InChI=1S/C11H17N3O4/c1-11(2,3)18-10(17)6(4-12)8-13-5-7(14-8)9(15)16/h5-6H,4,12H2,1-3H3,(H,13,14)(H,15,16)/t6-/m0/s1. The summed E-state index contributed by atoms with van der Waals surface area (Å²) in [5, 5.41) is 8.75. The van der Waals surface area contributed by atoms with Gasteiger partial charge in [0, 0.05) is 12.7 Å². The lowest BCUT2D eigenvalue weighted by atomic mass is 10.1. The number of ether oxygens (including phenoxy) is 1. The Kier molecular flexibility index (Phi) is 4.07. The predicted molar refractivity (Wildman–Crippen MR) is 63.2 cm³/mol. The quantitative estimate of drug-likeness (QED) is 0.674. The largest absolute Gasteiger partial charge is 0.476 e. The summed E-state index contributed by atoms with van der Waals surface area (Å²) in [6.07, 6.45) is 1.21. The summed E-state index contributed by atoms with van der Waals surface area (Å²) < 4.78 is 5.19. The van der Waals surface area contributed by atoms with Crippen molar-refractivity contribution in [2.45, 2.75) is 32.3 Å². The highest BCUT2D eigenvalue weighted by atomic mass is 16.6. The number of carbonyl (C=O) groups excluding carboxylic acids is 1. The summed E-state index contributed by atoms with van der Waals surface area (Å²) in [4.78, 5) is 29.0. The molecule has 1 rings (SSSR count). The van der Waals surface area contributed by atoms with Crippen molar-refractivity contribution in [3.63, 3.8) is 0 Å². The van der Waals surface area contributed by atoms with Gasteiger partial charge in [0.05, 0.1) is 0 Å². The molecule has 1 aromatic heterocycles. The molecule has 7 heteroatoms. The average molecular weight is 255 g/mol. The van der Waals surface area contributed by atoms with Gasteiger partial charge in [0.2, 0.25) is 0 Å². The van der Waals surface area contributed by atoms with E-state index in [1.807, 2.05) is 0 Å². The third-order valence-electron chi connectivity index (χ3n) is 2.07. The fraction of sp³-hybridized carbons (Fsp3) is 0.545. The number of esters is 1. The second kappa shape index (κ2) is 5.18. The number of aromatic carboxylic acids is 1. The molecule has 4 N–H and O–H groups in total. The Bertz CT molecular complexity index is 447. The van der Waals surface area contributed by atoms with Crippen molar-refractivity contribution >= 4 is 11.9 Å². The Morgan fingerprint density at radius 1 is 1.56 bits per heavy atom. The van der Waals surface area contributed by atoms with Gasteiger partial charge in [-0.25, -0.2) is 9.78 Å². The second-order valence-electron chi connectivity index (χ2n) is 4.80. The summed E-state index contributed by atoms with van der Waals surface area (Å²) in [6.45, 7) is 5.21. The molecule has 100 valence electrons. The third-order valence-corrected chi connectivity index (χ3v) is 2.07. The number of rotatable bonds is 4. The monoisotopic (exact) mass is 255 g/mol. The SMILES string of the molecule is CC(C)(C)OC(=O)[C@@H](CN)c1nc(C(=O)O)c[nH]1. The van der Waals surface area contributed by atoms with Crippen molar-refractivity contribution in [2.75, 3.05) is 6.54 Å². The molecule has 0 unspecified atom stereocenters. The number of nitrogens with zero attached hydrogens (tertiary/aromatic N) is 1. The van der Waals surface area contributed by atoms with E-state index in [0.717, 1.165) is 0 Å². The topological polar surface area (TPSA) is 118 Å². The van der Waals surface area contributed by atoms with E-state index in [9.17, 15) is 9.59 Å². The lowest BCUT2D eigenvalue weighted by molar-refractivity contribution is -0.156. The fourth-order valence-electron chi connectivity index (χ4n) is 1.32. The number of nitrogens with two attached hydrogens (primary N) is 1. The fourth-order valence-corrected chi connectivity index (χ4v) is 1.32. The first-order valence-electron chi connectivity index (χ1n) is 5.46. The molecule has 1 heterocycles. The van der Waals surface area contributed by atoms with Gasteiger partial charge in [-0.05, 0) is 20.8 Å². The molecule has 0 spiro atoms. The van der Waals surface area contributed by atoms with E-state index >= 15 is 0 Å². The first kappa shape index (κ1) is 14.2. The van der Waals surface area contributed by atoms with Crippen LogP contribution < -0.4 is 5.73 Å². The van der Waals surface area contributed by atoms with Crippen LogP contribution in [0.15, 0.2) is 6.20 Å². The predicted octanol–water partition coefficient (Wildman–Crippen LogP) is 0.492. The summed E-state index contributed by atoms with van der Waals surface area (Å²) in [5.41, 5.74) is 4.71. The first-order valence-corrected chi connectivity index (χ1v) is 5.46. The number of aromatic nitrogens is 2. The van der Waals surface area contributed by atoms with Crippen LogP contribution >= 0.6 is 0 Å². The smallest absolute Gasteiger partial charge is 0.356 e. The maximum atomic E-state index is 11.9. The number of hydrogen-bond acceptors (Lipinski definition) is 5. The minimum absolute atomic E-state index is 0.0124. The number of carboxylic acids is 1. The van der Waals surface area contributed by atoms with E-state index < -0.39 is 23.5 Å². The molecule has 1 aromatic rings. The minimum atomic E-state index is -1.17. The van der Waals surface area contributed by atoms with Gasteiger partial charge in [0.25, 0.3) is 0 Å². The van der Waals surface area contributed by atoms with Crippen LogP contribution in [0.4, 0.5) is 0 Å². The molecule has 7 nitrogen and oxygen atoms in total. The van der Waals surface area contributed by atoms with Crippen molar-refractivity contribution in [1.29, 1.82) is 0 Å². The highest BCUT2D eigenvalue weighted by Gasteiger charge is 2.28. The van der Waals surface area contributed by atoms with Gasteiger partial charge in [0.1, 0.15) is 17.3 Å². The Balaban J connectivity index is 2.88. The van der Waals surface area contributed by atoms with Crippen LogP contribution in [0.25, 0.3) is 0 Å².